The number of anilines is 1. The summed E-state index contributed by atoms with van der Waals surface area (Å²) in [4.78, 5) is 16.3. The molecule has 0 amide bonds. The molecule has 0 spiro atoms. The lowest BCUT2D eigenvalue weighted by Gasteiger charge is -2.14. The summed E-state index contributed by atoms with van der Waals surface area (Å²) in [6, 6.07) is 5.33. The number of halogens is 2. The topological polar surface area (TPSA) is 82.0 Å². The molecule has 0 fully saturated rings. The predicted molar refractivity (Wildman–Crippen MR) is 80.7 cm³/mol. The molecule has 0 saturated heterocycles. The molecule has 1 atom stereocenters. The second kappa shape index (κ2) is 6.20. The summed E-state index contributed by atoms with van der Waals surface area (Å²) in [6.45, 7) is 1.84. The van der Waals surface area contributed by atoms with Crippen molar-refractivity contribution in [3.05, 3.63) is 58.0 Å². The molecule has 0 bridgehead atoms. The van der Waals surface area contributed by atoms with Gasteiger partial charge in [-0.15, -0.1) is 0 Å². The first-order valence-corrected chi connectivity index (χ1v) is 6.83. The molecule has 0 unspecified atom stereocenters. The highest BCUT2D eigenvalue weighted by Gasteiger charge is 2.22. The Balaban J connectivity index is 2.55. The monoisotopic (exact) mass is 307 g/mol. The van der Waals surface area contributed by atoms with E-state index in [1.165, 1.54) is 30.5 Å². The minimum atomic E-state index is -0.683. The second-order valence-corrected chi connectivity index (χ2v) is 5.05. The third-order valence-corrected chi connectivity index (χ3v) is 3.55. The van der Waals surface area contributed by atoms with Crippen molar-refractivity contribution < 1.29 is 9.18 Å². The quantitative estimate of drug-likeness (QED) is 0.850. The van der Waals surface area contributed by atoms with E-state index in [-0.39, 0.29) is 27.5 Å². The van der Waals surface area contributed by atoms with Crippen LogP contribution in [0.4, 0.5) is 10.2 Å². The number of hydrogen-bond acceptors (Lipinski definition) is 4. The molecule has 0 aliphatic carbocycles. The Kier molecular flexibility index (Phi) is 4.55. The van der Waals surface area contributed by atoms with E-state index in [0.717, 1.165) is 0 Å². The van der Waals surface area contributed by atoms with Gasteiger partial charge >= 0.3 is 0 Å². The van der Waals surface area contributed by atoms with E-state index in [9.17, 15) is 9.18 Å². The van der Waals surface area contributed by atoms with Crippen LogP contribution < -0.4 is 11.5 Å². The van der Waals surface area contributed by atoms with Crippen molar-refractivity contribution in [2.45, 2.75) is 19.4 Å². The summed E-state index contributed by atoms with van der Waals surface area (Å²) in [6.07, 6.45) is 1.93. The molecule has 0 radical (unpaired) electrons. The summed E-state index contributed by atoms with van der Waals surface area (Å²) in [5.41, 5.74) is 11.7. The lowest BCUT2D eigenvalue weighted by Crippen LogP contribution is -2.15. The van der Waals surface area contributed by atoms with Gasteiger partial charge in [0.1, 0.15) is 11.6 Å². The smallest absolute Gasteiger partial charge is 0.197 e. The van der Waals surface area contributed by atoms with Crippen LogP contribution in [-0.2, 0) is 0 Å². The summed E-state index contributed by atoms with van der Waals surface area (Å²) < 4.78 is 14.6. The van der Waals surface area contributed by atoms with E-state index < -0.39 is 17.6 Å². The van der Waals surface area contributed by atoms with Crippen LogP contribution >= 0.6 is 11.6 Å². The van der Waals surface area contributed by atoms with Gasteiger partial charge in [-0.05, 0) is 24.6 Å². The van der Waals surface area contributed by atoms with Crippen molar-refractivity contribution >= 4 is 23.2 Å². The third-order valence-electron chi connectivity index (χ3n) is 3.23. The molecule has 4 N–H and O–H groups in total. The molecule has 4 nitrogen and oxygen atoms in total. The van der Waals surface area contributed by atoms with E-state index >= 15 is 0 Å². The van der Waals surface area contributed by atoms with Crippen LogP contribution in [0.5, 0.6) is 0 Å². The average molecular weight is 308 g/mol. The molecule has 1 aromatic heterocycles. The number of nitrogens with zero attached hydrogens (tertiary/aromatic N) is 1. The molecule has 0 saturated carbocycles. The fourth-order valence-corrected chi connectivity index (χ4v) is 2.25. The van der Waals surface area contributed by atoms with Gasteiger partial charge in [-0.25, -0.2) is 9.37 Å². The van der Waals surface area contributed by atoms with Crippen LogP contribution in [0.15, 0.2) is 30.5 Å². The van der Waals surface area contributed by atoms with Crippen molar-refractivity contribution in [2.75, 3.05) is 5.73 Å². The van der Waals surface area contributed by atoms with Crippen molar-refractivity contribution in [1.29, 1.82) is 0 Å². The van der Waals surface area contributed by atoms with Crippen LogP contribution in [0.2, 0.25) is 5.02 Å². The fraction of sp³-hybridized carbons (Fsp3) is 0.200. The highest BCUT2D eigenvalue weighted by atomic mass is 35.5. The van der Waals surface area contributed by atoms with E-state index in [2.05, 4.69) is 4.98 Å². The molecule has 2 aromatic rings. The van der Waals surface area contributed by atoms with Crippen LogP contribution in [0.1, 0.15) is 40.9 Å². The predicted octanol–water partition coefficient (Wildman–Crippen LogP) is 3.10. The van der Waals surface area contributed by atoms with E-state index in [1.807, 2.05) is 6.92 Å². The third kappa shape index (κ3) is 3.04. The first-order valence-electron chi connectivity index (χ1n) is 6.45. The van der Waals surface area contributed by atoms with Gasteiger partial charge in [0.15, 0.2) is 5.78 Å². The van der Waals surface area contributed by atoms with Crippen molar-refractivity contribution in [1.82, 2.24) is 4.98 Å². The Labute approximate surface area is 126 Å². The molecule has 6 heteroatoms. The number of nitrogen functional groups attached to an aromatic ring is 1. The number of nitrogens with two attached hydrogens (primary N) is 2. The molecular weight excluding hydrogens is 293 g/mol. The van der Waals surface area contributed by atoms with Gasteiger partial charge in [0, 0.05) is 23.4 Å². The minimum absolute atomic E-state index is 0.0416. The zero-order valence-corrected chi connectivity index (χ0v) is 12.2. The molecular formula is C15H15ClFN3O. The van der Waals surface area contributed by atoms with Crippen LogP contribution in [0.3, 0.4) is 0 Å². The van der Waals surface area contributed by atoms with Crippen molar-refractivity contribution in [3.63, 3.8) is 0 Å². The highest BCUT2D eigenvalue weighted by molar-refractivity contribution is 6.35. The molecule has 1 heterocycles. The minimum Gasteiger partial charge on any atom is -0.384 e. The molecule has 0 aliphatic heterocycles. The fourth-order valence-electron chi connectivity index (χ4n) is 2.02. The second-order valence-electron chi connectivity index (χ2n) is 4.64. The van der Waals surface area contributed by atoms with E-state index in [4.69, 9.17) is 23.1 Å². The lowest BCUT2D eigenvalue weighted by atomic mass is 9.97. The zero-order chi connectivity index (χ0) is 15.6. The Morgan fingerprint density at radius 2 is 2.14 bits per heavy atom. The number of carbonyl (C=O) groups is 1. The van der Waals surface area contributed by atoms with Crippen molar-refractivity contribution in [3.8, 4) is 0 Å². The number of carbonyl (C=O) groups excluding carboxylic acids is 1. The zero-order valence-electron chi connectivity index (χ0n) is 11.4. The average Bonchev–Trinajstić information content (AvgIpc) is 2.46. The normalized spacial score (nSPS) is 12.2. The van der Waals surface area contributed by atoms with Gasteiger partial charge in [-0.2, -0.15) is 0 Å². The number of benzene rings is 1. The van der Waals surface area contributed by atoms with Gasteiger partial charge in [0.05, 0.1) is 10.6 Å². The van der Waals surface area contributed by atoms with Gasteiger partial charge in [0.25, 0.3) is 0 Å². The van der Waals surface area contributed by atoms with Gasteiger partial charge < -0.3 is 11.5 Å². The summed E-state index contributed by atoms with van der Waals surface area (Å²) in [5.74, 6) is -1.05. The highest BCUT2D eigenvalue weighted by Crippen LogP contribution is 2.28. The molecule has 2 rings (SSSR count). The Morgan fingerprint density at radius 3 is 2.76 bits per heavy atom. The van der Waals surface area contributed by atoms with Crippen LogP contribution in [0.25, 0.3) is 0 Å². The summed E-state index contributed by atoms with van der Waals surface area (Å²) >= 11 is 5.99. The molecule has 110 valence electrons. The number of rotatable bonds is 4. The summed E-state index contributed by atoms with van der Waals surface area (Å²) in [7, 11) is 0. The van der Waals surface area contributed by atoms with Crippen molar-refractivity contribution in [2.24, 2.45) is 5.73 Å². The maximum Gasteiger partial charge on any atom is 0.197 e. The maximum atomic E-state index is 14.6. The van der Waals surface area contributed by atoms with E-state index in [1.54, 1.807) is 0 Å². The summed E-state index contributed by atoms with van der Waals surface area (Å²) in [5, 5.41) is 0.0416. The van der Waals surface area contributed by atoms with Gasteiger partial charge in [0.2, 0.25) is 0 Å². The van der Waals surface area contributed by atoms with Crippen LogP contribution in [-0.4, -0.2) is 10.8 Å². The lowest BCUT2D eigenvalue weighted by molar-refractivity contribution is 0.103. The van der Waals surface area contributed by atoms with Gasteiger partial charge in [-0.3, -0.25) is 4.79 Å². The Hall–Kier alpha value is -1.98. The Morgan fingerprint density at radius 1 is 1.43 bits per heavy atom. The number of pyridine rings is 1. The first kappa shape index (κ1) is 15.4. The Bertz CT molecular complexity index is 691. The molecule has 21 heavy (non-hydrogen) atoms. The number of hydrogen-bond donors (Lipinski definition) is 2. The first-order chi connectivity index (χ1) is 9.95. The number of aromatic nitrogens is 1. The SMILES string of the molecule is CC[C@@H](N)c1ccc(Cl)c(C(=O)c2ccnc(N)c2)c1F. The van der Waals surface area contributed by atoms with Crippen LogP contribution in [0, 0.1) is 5.82 Å². The molecule has 1 aromatic carbocycles. The largest absolute Gasteiger partial charge is 0.384 e. The van der Waals surface area contributed by atoms with E-state index in [0.29, 0.717) is 6.42 Å². The standard InChI is InChI=1S/C15H15ClFN3O/c1-2-11(18)9-3-4-10(16)13(14(9)17)15(21)8-5-6-20-12(19)7-8/h3-7,11H,2,18H2,1H3,(H2,19,20)/t11-/m1/s1. The number of ketones is 1. The van der Waals surface area contributed by atoms with Gasteiger partial charge in [-0.1, -0.05) is 24.6 Å². The maximum absolute atomic E-state index is 14.6. The molecule has 0 aliphatic rings.